The number of hydrogen-bond acceptors (Lipinski definition) is 6. The van der Waals surface area contributed by atoms with Crippen LogP contribution in [-0.2, 0) is 6.18 Å². The minimum atomic E-state index is -4.50. The van der Waals surface area contributed by atoms with Gasteiger partial charge in [-0.3, -0.25) is 0 Å². The molecule has 2 amide bonds. The number of carbonyl (C=O) groups is 1. The van der Waals surface area contributed by atoms with Gasteiger partial charge < -0.3 is 20.7 Å². The van der Waals surface area contributed by atoms with Crippen molar-refractivity contribution in [1.29, 1.82) is 0 Å². The summed E-state index contributed by atoms with van der Waals surface area (Å²) in [6, 6.07) is 9.22. The van der Waals surface area contributed by atoms with Crippen LogP contribution in [0, 0.1) is 11.8 Å². The van der Waals surface area contributed by atoms with E-state index in [1.54, 1.807) is 43.7 Å². The molecule has 1 aliphatic carbocycles. The maximum absolute atomic E-state index is 13.0. The van der Waals surface area contributed by atoms with E-state index in [0.29, 0.717) is 34.5 Å². The summed E-state index contributed by atoms with van der Waals surface area (Å²) in [7, 11) is 1.73. The Morgan fingerprint density at radius 3 is 2.54 bits per heavy atom. The predicted molar refractivity (Wildman–Crippen MR) is 134 cm³/mol. The van der Waals surface area contributed by atoms with Gasteiger partial charge in [-0.05, 0) is 48.6 Å². The van der Waals surface area contributed by atoms with Crippen molar-refractivity contribution in [3.05, 3.63) is 84.0 Å². The molecule has 1 aromatic carbocycles. The Balaban J connectivity index is 1.49. The summed E-state index contributed by atoms with van der Waals surface area (Å²) in [5, 5.41) is 8.09. The lowest BCUT2D eigenvalue weighted by molar-refractivity contribution is -0.137. The number of nitrogens with one attached hydrogen (secondary N) is 3. The second-order valence-corrected chi connectivity index (χ2v) is 8.40. The summed E-state index contributed by atoms with van der Waals surface area (Å²) in [4.78, 5) is 25.5. The monoisotopic (exact) mass is 510 g/mol. The molecule has 3 N–H and O–H groups in total. The molecular weight excluding hydrogens is 485 g/mol. The van der Waals surface area contributed by atoms with E-state index in [9.17, 15) is 18.0 Å². The van der Waals surface area contributed by atoms with Crippen LogP contribution in [0.5, 0.6) is 5.88 Å². The van der Waals surface area contributed by atoms with Crippen LogP contribution in [0.15, 0.2) is 78.5 Å². The number of benzene rings is 1. The van der Waals surface area contributed by atoms with Gasteiger partial charge in [0.1, 0.15) is 5.76 Å². The third-order valence-corrected chi connectivity index (χ3v) is 5.96. The third-order valence-electron chi connectivity index (χ3n) is 5.96. The van der Waals surface area contributed by atoms with Crippen molar-refractivity contribution in [2.45, 2.75) is 20.0 Å². The molecule has 0 radical (unpaired) electrons. The number of nitrogens with zero attached hydrogens (tertiary/aromatic N) is 3. The van der Waals surface area contributed by atoms with Gasteiger partial charge in [-0.1, -0.05) is 19.9 Å². The van der Waals surface area contributed by atoms with Gasteiger partial charge in [0, 0.05) is 42.7 Å². The Kier molecular flexibility index (Phi) is 7.42. The zero-order valence-corrected chi connectivity index (χ0v) is 20.3. The molecule has 37 heavy (non-hydrogen) atoms. The number of rotatable bonds is 6. The topological polar surface area (TPSA) is 101 Å². The highest BCUT2D eigenvalue weighted by Gasteiger charge is 2.31. The summed E-state index contributed by atoms with van der Waals surface area (Å²) >= 11 is 0. The molecule has 2 aromatic heterocycles. The Labute approximate surface area is 211 Å². The van der Waals surface area contributed by atoms with E-state index in [0.717, 1.165) is 12.1 Å². The molecule has 0 fully saturated rings. The molecule has 11 heteroatoms. The lowest BCUT2D eigenvalue weighted by Gasteiger charge is -2.28. The lowest BCUT2D eigenvalue weighted by atomic mass is 9.87. The maximum atomic E-state index is 13.0. The Hall–Kier alpha value is -4.41. The van der Waals surface area contributed by atoms with Crippen LogP contribution in [-0.4, -0.2) is 28.0 Å². The fourth-order valence-electron chi connectivity index (χ4n) is 3.75. The normalized spacial score (nSPS) is 17.4. The Bertz CT molecular complexity index is 1360. The molecular formula is C26H25F3N6O2. The first-order valence-electron chi connectivity index (χ1n) is 11.5. The number of carbonyl (C=O) groups excluding carboxylic acids is 1. The van der Waals surface area contributed by atoms with E-state index in [4.69, 9.17) is 4.74 Å². The Morgan fingerprint density at radius 1 is 0.973 bits per heavy atom. The number of urea groups is 1. The van der Waals surface area contributed by atoms with Gasteiger partial charge >= 0.3 is 12.2 Å². The average molecular weight is 511 g/mol. The molecule has 2 unspecified atom stereocenters. The van der Waals surface area contributed by atoms with Crippen LogP contribution < -0.4 is 20.7 Å². The molecule has 8 nitrogen and oxygen atoms in total. The van der Waals surface area contributed by atoms with Crippen LogP contribution in [0.2, 0.25) is 0 Å². The molecule has 2 atom stereocenters. The summed E-state index contributed by atoms with van der Waals surface area (Å²) in [5.41, 5.74) is 1.13. The number of aromatic nitrogens is 3. The molecule has 0 bridgehead atoms. The maximum Gasteiger partial charge on any atom is 0.416 e. The van der Waals surface area contributed by atoms with E-state index in [-0.39, 0.29) is 17.5 Å². The van der Waals surface area contributed by atoms with Gasteiger partial charge in [-0.25, -0.2) is 19.7 Å². The van der Waals surface area contributed by atoms with E-state index in [1.165, 1.54) is 12.1 Å². The quantitative estimate of drug-likeness (QED) is 0.384. The zero-order chi connectivity index (χ0) is 26.6. The highest BCUT2D eigenvalue weighted by atomic mass is 19.4. The SMILES string of the molecule is CNc1nccc(-c2cccnc2OC2=CC=C(NC(=O)Nc3cccc(C(F)(F)F)c3)C(C)C2C)n1. The minimum Gasteiger partial charge on any atom is -0.442 e. The first-order valence-corrected chi connectivity index (χ1v) is 11.5. The fraction of sp³-hybridized carbons (Fsp3) is 0.231. The van der Waals surface area contributed by atoms with Gasteiger partial charge in [0.25, 0.3) is 0 Å². The minimum absolute atomic E-state index is 0.0397. The smallest absolute Gasteiger partial charge is 0.416 e. The summed E-state index contributed by atoms with van der Waals surface area (Å²) in [5.74, 6) is 1.18. The number of amides is 2. The molecule has 0 spiro atoms. The van der Waals surface area contributed by atoms with E-state index in [1.807, 2.05) is 19.9 Å². The fourth-order valence-corrected chi connectivity index (χ4v) is 3.75. The average Bonchev–Trinajstić information content (AvgIpc) is 2.88. The van der Waals surface area contributed by atoms with Crippen molar-refractivity contribution in [1.82, 2.24) is 20.3 Å². The van der Waals surface area contributed by atoms with Gasteiger partial charge in [0.15, 0.2) is 0 Å². The first-order chi connectivity index (χ1) is 17.7. The van der Waals surface area contributed by atoms with E-state index in [2.05, 4.69) is 30.9 Å². The summed E-state index contributed by atoms with van der Waals surface area (Å²) < 4.78 is 45.0. The number of hydrogen-bond donors (Lipinski definition) is 3. The molecule has 0 saturated heterocycles. The first kappa shape index (κ1) is 25.7. The number of allylic oxidation sites excluding steroid dienone is 4. The number of halogens is 3. The van der Waals surface area contributed by atoms with Crippen LogP contribution in [0.3, 0.4) is 0 Å². The van der Waals surface area contributed by atoms with Gasteiger partial charge in [-0.2, -0.15) is 13.2 Å². The predicted octanol–water partition coefficient (Wildman–Crippen LogP) is 5.85. The Morgan fingerprint density at radius 2 is 1.78 bits per heavy atom. The van der Waals surface area contributed by atoms with Crippen LogP contribution in [0.1, 0.15) is 19.4 Å². The second-order valence-electron chi connectivity index (χ2n) is 8.40. The largest absolute Gasteiger partial charge is 0.442 e. The number of alkyl halides is 3. The van der Waals surface area contributed by atoms with Crippen molar-refractivity contribution >= 4 is 17.7 Å². The van der Waals surface area contributed by atoms with Crippen molar-refractivity contribution in [2.75, 3.05) is 17.7 Å². The lowest BCUT2D eigenvalue weighted by Crippen LogP contribution is -2.34. The molecule has 1 aliphatic rings. The van der Waals surface area contributed by atoms with Crippen molar-refractivity contribution in [2.24, 2.45) is 11.8 Å². The summed E-state index contributed by atoms with van der Waals surface area (Å²) in [6.45, 7) is 3.86. The van der Waals surface area contributed by atoms with Crippen molar-refractivity contribution in [3.8, 4) is 17.1 Å². The number of anilines is 2. The van der Waals surface area contributed by atoms with E-state index < -0.39 is 17.8 Å². The molecule has 4 rings (SSSR count). The summed E-state index contributed by atoms with van der Waals surface area (Å²) in [6.07, 6.45) is 2.21. The zero-order valence-electron chi connectivity index (χ0n) is 20.3. The van der Waals surface area contributed by atoms with Crippen LogP contribution in [0.25, 0.3) is 11.3 Å². The van der Waals surface area contributed by atoms with E-state index >= 15 is 0 Å². The molecule has 3 aromatic rings. The molecule has 0 saturated carbocycles. The third kappa shape index (κ3) is 6.05. The van der Waals surface area contributed by atoms with Crippen LogP contribution >= 0.6 is 0 Å². The number of ether oxygens (including phenoxy) is 1. The highest BCUT2D eigenvalue weighted by molar-refractivity contribution is 5.90. The van der Waals surface area contributed by atoms with Gasteiger partial charge in [-0.15, -0.1) is 0 Å². The van der Waals surface area contributed by atoms with Crippen molar-refractivity contribution < 1.29 is 22.7 Å². The highest BCUT2D eigenvalue weighted by Crippen LogP contribution is 2.35. The molecule has 0 aliphatic heterocycles. The molecule has 2 heterocycles. The van der Waals surface area contributed by atoms with Gasteiger partial charge in [0.05, 0.1) is 16.8 Å². The number of pyridine rings is 1. The molecule has 192 valence electrons. The standard InChI is InChI=1S/C26H25F3N6O2/c1-15-16(2)22(37-23-19(8-5-12-31-23)21-11-13-32-24(30-3)34-21)10-9-20(15)35-25(36)33-18-7-4-6-17(14-18)26(27,28)29/h4-16H,1-3H3,(H,30,32,34)(H2,33,35,36). The van der Waals surface area contributed by atoms with Crippen LogP contribution in [0.4, 0.5) is 29.6 Å². The van der Waals surface area contributed by atoms with Crippen molar-refractivity contribution in [3.63, 3.8) is 0 Å². The van der Waals surface area contributed by atoms with Gasteiger partial charge in [0.2, 0.25) is 11.8 Å². The second kappa shape index (κ2) is 10.7.